The summed E-state index contributed by atoms with van der Waals surface area (Å²) in [5, 5.41) is 16.3. The van der Waals surface area contributed by atoms with E-state index in [-0.39, 0.29) is 11.4 Å². The van der Waals surface area contributed by atoms with Crippen molar-refractivity contribution in [2.24, 2.45) is 10.9 Å². The Labute approximate surface area is 118 Å². The molecule has 2 rings (SSSR count). The van der Waals surface area contributed by atoms with Gasteiger partial charge in [-0.2, -0.15) is 11.3 Å². The fourth-order valence-electron chi connectivity index (χ4n) is 2.39. The second-order valence-electron chi connectivity index (χ2n) is 5.44. The Hall–Kier alpha value is -1.11. The minimum Gasteiger partial charge on any atom is -0.409 e. The molecule has 0 amide bonds. The van der Waals surface area contributed by atoms with Gasteiger partial charge < -0.3 is 10.9 Å². The lowest BCUT2D eigenvalue weighted by Crippen LogP contribution is -2.59. The maximum atomic E-state index is 8.85. The highest BCUT2D eigenvalue weighted by Crippen LogP contribution is 2.18. The monoisotopic (exact) mass is 282 g/mol. The van der Waals surface area contributed by atoms with Crippen molar-refractivity contribution in [2.45, 2.75) is 25.9 Å². The average Bonchev–Trinajstić information content (AvgIpc) is 2.91. The summed E-state index contributed by atoms with van der Waals surface area (Å²) in [7, 11) is 0. The molecule has 1 saturated heterocycles. The third-order valence-electron chi connectivity index (χ3n) is 3.88. The summed E-state index contributed by atoms with van der Waals surface area (Å²) in [6, 6.07) is 2.18. The van der Waals surface area contributed by atoms with Crippen LogP contribution in [0.4, 0.5) is 0 Å². The number of oxime groups is 1. The van der Waals surface area contributed by atoms with E-state index >= 15 is 0 Å². The molecule has 2 heterocycles. The van der Waals surface area contributed by atoms with Gasteiger partial charge in [-0.05, 0) is 36.2 Å². The Balaban J connectivity index is 1.89. The van der Waals surface area contributed by atoms with Crippen molar-refractivity contribution in [3.8, 4) is 0 Å². The van der Waals surface area contributed by atoms with Crippen molar-refractivity contribution < 1.29 is 5.21 Å². The number of nitrogens with two attached hydrogens (primary N) is 1. The number of thiophene rings is 1. The third kappa shape index (κ3) is 3.26. The predicted octanol–water partition coefficient (Wildman–Crippen LogP) is 1.39. The van der Waals surface area contributed by atoms with Gasteiger partial charge in [-0.3, -0.25) is 9.80 Å². The molecule has 1 aliphatic rings. The smallest absolute Gasteiger partial charge is 0.159 e. The van der Waals surface area contributed by atoms with Gasteiger partial charge in [0.1, 0.15) is 0 Å². The summed E-state index contributed by atoms with van der Waals surface area (Å²) in [4.78, 5) is 4.72. The molecule has 1 aromatic heterocycles. The molecule has 1 aromatic rings. The van der Waals surface area contributed by atoms with Gasteiger partial charge in [0.2, 0.25) is 0 Å². The highest BCUT2D eigenvalue weighted by atomic mass is 32.1. The van der Waals surface area contributed by atoms with Crippen LogP contribution in [0.1, 0.15) is 19.4 Å². The van der Waals surface area contributed by atoms with Gasteiger partial charge in [0, 0.05) is 32.7 Å². The zero-order valence-corrected chi connectivity index (χ0v) is 12.4. The molecule has 19 heavy (non-hydrogen) atoms. The van der Waals surface area contributed by atoms with Crippen molar-refractivity contribution in [3.63, 3.8) is 0 Å². The number of piperazine rings is 1. The molecule has 1 fully saturated rings. The van der Waals surface area contributed by atoms with E-state index in [4.69, 9.17) is 10.9 Å². The summed E-state index contributed by atoms with van der Waals surface area (Å²) >= 11 is 1.74. The van der Waals surface area contributed by atoms with Gasteiger partial charge in [-0.15, -0.1) is 0 Å². The molecule has 3 N–H and O–H groups in total. The van der Waals surface area contributed by atoms with Crippen LogP contribution in [0.15, 0.2) is 22.0 Å². The number of amidine groups is 1. The lowest BCUT2D eigenvalue weighted by atomic mass is 10.00. The van der Waals surface area contributed by atoms with E-state index in [1.807, 2.05) is 13.8 Å². The van der Waals surface area contributed by atoms with Crippen molar-refractivity contribution in [1.82, 2.24) is 9.80 Å². The topological polar surface area (TPSA) is 65.1 Å². The van der Waals surface area contributed by atoms with Crippen molar-refractivity contribution in [1.29, 1.82) is 0 Å². The second kappa shape index (κ2) is 5.90. The SMILES string of the molecule is CC(C)(C(N)=NO)N1CCN(Cc2ccsc2)CC1. The van der Waals surface area contributed by atoms with Crippen LogP contribution in [-0.2, 0) is 6.54 Å². The quantitative estimate of drug-likeness (QED) is 0.379. The Kier molecular flexibility index (Phi) is 4.44. The molecular formula is C13H22N4OS. The Morgan fingerprint density at radius 3 is 2.63 bits per heavy atom. The number of hydrogen-bond donors (Lipinski definition) is 2. The summed E-state index contributed by atoms with van der Waals surface area (Å²) in [5.41, 5.74) is 6.77. The molecular weight excluding hydrogens is 260 g/mol. The van der Waals surface area contributed by atoms with E-state index in [1.165, 1.54) is 5.56 Å². The van der Waals surface area contributed by atoms with Crippen LogP contribution in [0.25, 0.3) is 0 Å². The fraction of sp³-hybridized carbons (Fsp3) is 0.615. The van der Waals surface area contributed by atoms with Gasteiger partial charge in [-0.1, -0.05) is 5.16 Å². The molecule has 0 bridgehead atoms. The fourth-order valence-corrected chi connectivity index (χ4v) is 3.05. The largest absolute Gasteiger partial charge is 0.409 e. The summed E-state index contributed by atoms with van der Waals surface area (Å²) in [6.45, 7) is 8.91. The van der Waals surface area contributed by atoms with E-state index in [2.05, 4.69) is 31.8 Å². The van der Waals surface area contributed by atoms with Gasteiger partial charge in [0.25, 0.3) is 0 Å². The molecule has 5 nitrogen and oxygen atoms in total. The van der Waals surface area contributed by atoms with Gasteiger partial charge in [0.05, 0.1) is 5.54 Å². The predicted molar refractivity (Wildman–Crippen MR) is 78.7 cm³/mol. The molecule has 1 aliphatic heterocycles. The normalized spacial score (nSPS) is 19.8. The minimum absolute atomic E-state index is 0.277. The summed E-state index contributed by atoms with van der Waals surface area (Å²) in [6.07, 6.45) is 0. The minimum atomic E-state index is -0.386. The number of rotatable bonds is 4. The molecule has 0 aromatic carbocycles. The standard InChI is InChI=1S/C13H22N4OS/c1-13(2,12(14)15-18)17-6-4-16(5-7-17)9-11-3-8-19-10-11/h3,8,10,18H,4-7,9H2,1-2H3,(H2,14,15). The van der Waals surface area contributed by atoms with Crippen molar-refractivity contribution in [3.05, 3.63) is 22.4 Å². The van der Waals surface area contributed by atoms with Crippen LogP contribution in [0, 0.1) is 0 Å². The molecule has 0 saturated carbocycles. The lowest BCUT2D eigenvalue weighted by Gasteiger charge is -2.43. The summed E-state index contributed by atoms with van der Waals surface area (Å²) < 4.78 is 0. The first-order valence-electron chi connectivity index (χ1n) is 6.50. The average molecular weight is 282 g/mol. The highest BCUT2D eigenvalue weighted by molar-refractivity contribution is 7.07. The molecule has 0 aliphatic carbocycles. The first kappa shape index (κ1) is 14.3. The van der Waals surface area contributed by atoms with E-state index in [1.54, 1.807) is 11.3 Å². The van der Waals surface area contributed by atoms with Crippen LogP contribution in [0.5, 0.6) is 0 Å². The first-order valence-corrected chi connectivity index (χ1v) is 7.45. The van der Waals surface area contributed by atoms with Gasteiger partial charge in [0.15, 0.2) is 5.84 Å². The molecule has 0 unspecified atom stereocenters. The maximum absolute atomic E-state index is 8.85. The zero-order valence-electron chi connectivity index (χ0n) is 11.5. The molecule has 106 valence electrons. The first-order chi connectivity index (χ1) is 9.04. The van der Waals surface area contributed by atoms with Crippen LogP contribution < -0.4 is 5.73 Å². The summed E-state index contributed by atoms with van der Waals surface area (Å²) in [5.74, 6) is 0.277. The van der Waals surface area contributed by atoms with Gasteiger partial charge >= 0.3 is 0 Å². The number of nitrogens with zero attached hydrogens (tertiary/aromatic N) is 3. The molecule has 0 atom stereocenters. The van der Waals surface area contributed by atoms with E-state index < -0.39 is 0 Å². The Morgan fingerprint density at radius 2 is 2.11 bits per heavy atom. The maximum Gasteiger partial charge on any atom is 0.159 e. The van der Waals surface area contributed by atoms with Crippen LogP contribution >= 0.6 is 11.3 Å². The van der Waals surface area contributed by atoms with Gasteiger partial charge in [-0.25, -0.2) is 0 Å². The highest BCUT2D eigenvalue weighted by Gasteiger charge is 2.33. The lowest BCUT2D eigenvalue weighted by molar-refractivity contribution is 0.0794. The third-order valence-corrected chi connectivity index (χ3v) is 4.62. The van der Waals surface area contributed by atoms with E-state index in [0.29, 0.717) is 0 Å². The Morgan fingerprint density at radius 1 is 1.42 bits per heavy atom. The molecule has 6 heteroatoms. The van der Waals surface area contributed by atoms with Crippen LogP contribution in [-0.4, -0.2) is 52.6 Å². The van der Waals surface area contributed by atoms with E-state index in [9.17, 15) is 0 Å². The molecule has 0 spiro atoms. The Bertz CT molecular complexity index is 422. The van der Waals surface area contributed by atoms with Crippen molar-refractivity contribution in [2.75, 3.05) is 26.2 Å². The zero-order chi connectivity index (χ0) is 13.9. The van der Waals surface area contributed by atoms with Crippen LogP contribution in [0.3, 0.4) is 0 Å². The van der Waals surface area contributed by atoms with E-state index in [0.717, 1.165) is 32.7 Å². The second-order valence-corrected chi connectivity index (χ2v) is 6.22. The number of hydrogen-bond acceptors (Lipinski definition) is 5. The molecule has 0 radical (unpaired) electrons. The van der Waals surface area contributed by atoms with Crippen LogP contribution in [0.2, 0.25) is 0 Å². The van der Waals surface area contributed by atoms with Crippen molar-refractivity contribution >= 4 is 17.2 Å².